The maximum atomic E-state index is 6.50. The summed E-state index contributed by atoms with van der Waals surface area (Å²) in [7, 11) is 0. The first-order valence-electron chi connectivity index (χ1n) is 16.2. The maximum Gasteiger partial charge on any atom is 0.165 e. The highest BCUT2D eigenvalue weighted by molar-refractivity contribution is 6.11. The van der Waals surface area contributed by atoms with Crippen molar-refractivity contribution in [3.8, 4) is 39.1 Å². The van der Waals surface area contributed by atoms with E-state index in [-0.39, 0.29) is 0 Å². The van der Waals surface area contributed by atoms with E-state index in [1.165, 1.54) is 0 Å². The molecule has 0 bridgehead atoms. The van der Waals surface area contributed by atoms with Crippen LogP contribution in [0.3, 0.4) is 0 Å². The van der Waals surface area contributed by atoms with Gasteiger partial charge in [-0.1, -0.05) is 103 Å². The topological polar surface area (TPSA) is 43.9 Å². The van der Waals surface area contributed by atoms with Gasteiger partial charge < -0.3 is 4.42 Å². The molecule has 0 unspecified atom stereocenters. The Morgan fingerprint density at radius 2 is 1.10 bits per heavy atom. The van der Waals surface area contributed by atoms with E-state index < -0.39 is 0 Å². The number of hydrogen-bond donors (Lipinski definition) is 0. The van der Waals surface area contributed by atoms with Crippen molar-refractivity contribution < 1.29 is 4.42 Å². The molecule has 0 aliphatic carbocycles. The Hall–Kier alpha value is -6.52. The molecule has 224 valence electrons. The van der Waals surface area contributed by atoms with Crippen LogP contribution in [0.5, 0.6) is 0 Å². The van der Waals surface area contributed by atoms with E-state index in [9.17, 15) is 0 Å². The van der Waals surface area contributed by atoms with Crippen molar-refractivity contribution in [2.75, 3.05) is 0 Å². The summed E-state index contributed by atoms with van der Waals surface area (Å²) in [6.45, 7) is 0. The summed E-state index contributed by atoms with van der Waals surface area (Å²) in [6, 6.07) is 57.3. The van der Waals surface area contributed by atoms with Crippen LogP contribution in [-0.4, -0.2) is 14.5 Å². The molecular weight excluding hydrogens is 587 g/mol. The minimum atomic E-state index is 0.849. The number of nitrogens with zero attached hydrogens (tertiary/aromatic N) is 3. The van der Waals surface area contributed by atoms with E-state index in [0.29, 0.717) is 0 Å². The van der Waals surface area contributed by atoms with Crippen molar-refractivity contribution in [3.63, 3.8) is 0 Å². The smallest absolute Gasteiger partial charge is 0.165 e. The first-order chi connectivity index (χ1) is 23.8. The maximum absolute atomic E-state index is 6.50. The van der Waals surface area contributed by atoms with Crippen LogP contribution in [0.25, 0.3) is 94.1 Å². The van der Waals surface area contributed by atoms with Gasteiger partial charge in [0.1, 0.15) is 16.7 Å². The lowest BCUT2D eigenvalue weighted by Crippen LogP contribution is -1.96. The fourth-order valence-corrected chi connectivity index (χ4v) is 7.10. The highest BCUT2D eigenvalue weighted by atomic mass is 16.3. The van der Waals surface area contributed by atoms with E-state index in [1.807, 2.05) is 42.5 Å². The molecule has 0 aliphatic heterocycles. The second kappa shape index (κ2) is 10.5. The summed E-state index contributed by atoms with van der Waals surface area (Å²) in [6.07, 6.45) is 0. The predicted molar refractivity (Wildman–Crippen MR) is 197 cm³/mol. The molecule has 0 aliphatic rings. The number of hydrogen-bond acceptors (Lipinski definition) is 3. The van der Waals surface area contributed by atoms with Gasteiger partial charge in [0.05, 0.1) is 16.6 Å². The molecule has 10 rings (SSSR count). The first-order valence-corrected chi connectivity index (χ1v) is 16.2. The monoisotopic (exact) mass is 613 g/mol. The number of para-hydroxylation sites is 5. The SMILES string of the molecule is c1ccc(-c2cc(-c3ccc4c(c3)c3nc5ccccc5nc3n4-c3ccccc3)cc(-c3cccc4c3oc3ccccc34)c2)cc1. The minimum Gasteiger partial charge on any atom is -0.455 e. The second-order valence-electron chi connectivity index (χ2n) is 12.2. The molecule has 0 N–H and O–H groups in total. The van der Waals surface area contributed by atoms with E-state index in [0.717, 1.165) is 94.1 Å². The predicted octanol–water partition coefficient (Wildman–Crippen LogP) is 11.6. The third-order valence-electron chi connectivity index (χ3n) is 9.36. The summed E-state index contributed by atoms with van der Waals surface area (Å²) in [4.78, 5) is 10.3. The van der Waals surface area contributed by atoms with Gasteiger partial charge in [-0.05, 0) is 88.5 Å². The van der Waals surface area contributed by atoms with Crippen LogP contribution in [0, 0.1) is 0 Å². The van der Waals surface area contributed by atoms with E-state index >= 15 is 0 Å². The lowest BCUT2D eigenvalue weighted by molar-refractivity contribution is 0.670. The Labute approximate surface area is 276 Å². The average Bonchev–Trinajstić information content (AvgIpc) is 3.69. The standard InChI is InChI=1S/C44H27N3O/c1-3-12-28(13-4-1)30-24-31(26-32(25-30)34-17-11-18-36-35-16-7-10-21-41(35)48-43(34)36)29-22-23-40-37(27-29)42-44(47(40)33-14-5-2-6-15-33)46-39-20-9-8-19-38(39)45-42/h1-27H. The Kier molecular flexibility index (Phi) is 5.84. The molecular formula is C44H27N3O. The molecule has 0 saturated heterocycles. The van der Waals surface area contributed by atoms with Crippen LogP contribution in [0.2, 0.25) is 0 Å². The fraction of sp³-hybridized carbons (Fsp3) is 0. The average molecular weight is 614 g/mol. The lowest BCUT2D eigenvalue weighted by atomic mass is 9.92. The highest BCUT2D eigenvalue weighted by Crippen LogP contribution is 2.40. The third kappa shape index (κ3) is 4.16. The fourth-order valence-electron chi connectivity index (χ4n) is 7.10. The van der Waals surface area contributed by atoms with E-state index in [2.05, 4.69) is 126 Å². The molecule has 0 fully saturated rings. The van der Waals surface area contributed by atoms with Crippen LogP contribution in [0.15, 0.2) is 168 Å². The molecule has 4 heteroatoms. The molecule has 10 aromatic rings. The van der Waals surface area contributed by atoms with Crippen molar-refractivity contribution in [3.05, 3.63) is 164 Å². The molecule has 0 radical (unpaired) electrons. The number of aromatic nitrogens is 3. The van der Waals surface area contributed by atoms with Crippen molar-refractivity contribution >= 4 is 55.0 Å². The van der Waals surface area contributed by atoms with Crippen LogP contribution in [0.4, 0.5) is 0 Å². The minimum absolute atomic E-state index is 0.849. The highest BCUT2D eigenvalue weighted by Gasteiger charge is 2.18. The number of benzene rings is 7. The quantitative estimate of drug-likeness (QED) is 0.198. The molecule has 4 nitrogen and oxygen atoms in total. The molecule has 0 atom stereocenters. The Balaban J connectivity index is 1.24. The van der Waals surface area contributed by atoms with Crippen LogP contribution < -0.4 is 0 Å². The van der Waals surface area contributed by atoms with Crippen molar-refractivity contribution in [2.45, 2.75) is 0 Å². The number of fused-ring (bicyclic) bond motifs is 7. The van der Waals surface area contributed by atoms with Gasteiger partial charge in [-0.25, -0.2) is 9.97 Å². The largest absolute Gasteiger partial charge is 0.455 e. The van der Waals surface area contributed by atoms with Gasteiger partial charge in [0.15, 0.2) is 5.65 Å². The molecule has 0 amide bonds. The summed E-state index contributed by atoms with van der Waals surface area (Å²) in [5.74, 6) is 0. The third-order valence-corrected chi connectivity index (χ3v) is 9.36. The zero-order valence-electron chi connectivity index (χ0n) is 25.8. The van der Waals surface area contributed by atoms with Crippen molar-refractivity contribution in [1.29, 1.82) is 0 Å². The molecule has 3 heterocycles. The Bertz CT molecular complexity index is 2830. The van der Waals surface area contributed by atoms with Gasteiger partial charge in [-0.3, -0.25) is 4.57 Å². The summed E-state index contributed by atoms with van der Waals surface area (Å²) < 4.78 is 8.72. The molecule has 48 heavy (non-hydrogen) atoms. The van der Waals surface area contributed by atoms with Gasteiger partial charge in [0.25, 0.3) is 0 Å². The van der Waals surface area contributed by atoms with Crippen LogP contribution in [-0.2, 0) is 0 Å². The number of rotatable bonds is 4. The zero-order chi connectivity index (χ0) is 31.6. The van der Waals surface area contributed by atoms with E-state index in [4.69, 9.17) is 14.4 Å². The number of furan rings is 1. The van der Waals surface area contributed by atoms with Crippen molar-refractivity contribution in [1.82, 2.24) is 14.5 Å². The van der Waals surface area contributed by atoms with Gasteiger partial charge in [0, 0.05) is 27.4 Å². The van der Waals surface area contributed by atoms with Crippen molar-refractivity contribution in [2.24, 2.45) is 0 Å². The zero-order valence-corrected chi connectivity index (χ0v) is 25.8. The van der Waals surface area contributed by atoms with Gasteiger partial charge in [-0.2, -0.15) is 0 Å². The van der Waals surface area contributed by atoms with Crippen LogP contribution in [0.1, 0.15) is 0 Å². The summed E-state index contributed by atoms with van der Waals surface area (Å²) in [5, 5.41) is 3.31. The van der Waals surface area contributed by atoms with Gasteiger partial charge in [-0.15, -0.1) is 0 Å². The summed E-state index contributed by atoms with van der Waals surface area (Å²) >= 11 is 0. The van der Waals surface area contributed by atoms with E-state index in [1.54, 1.807) is 0 Å². The molecule has 7 aromatic carbocycles. The normalized spacial score (nSPS) is 11.8. The van der Waals surface area contributed by atoms with Crippen LogP contribution >= 0.6 is 0 Å². The summed E-state index contributed by atoms with van der Waals surface area (Å²) in [5.41, 5.74) is 14.1. The van der Waals surface area contributed by atoms with Gasteiger partial charge >= 0.3 is 0 Å². The lowest BCUT2D eigenvalue weighted by Gasteiger charge is -2.12. The van der Waals surface area contributed by atoms with Gasteiger partial charge in [0.2, 0.25) is 0 Å². The molecule has 0 spiro atoms. The molecule has 3 aromatic heterocycles. The molecule has 0 saturated carbocycles. The Morgan fingerprint density at radius 3 is 1.94 bits per heavy atom. The second-order valence-corrected chi connectivity index (χ2v) is 12.2. The Morgan fingerprint density at radius 1 is 0.438 bits per heavy atom. The first kappa shape index (κ1) is 26.7.